The van der Waals surface area contributed by atoms with Gasteiger partial charge in [-0.1, -0.05) is 0 Å². The fourth-order valence-electron chi connectivity index (χ4n) is 3.31. The first-order valence-electron chi connectivity index (χ1n) is 7.44. The van der Waals surface area contributed by atoms with E-state index >= 15 is 0 Å². The fraction of sp³-hybridized carbons (Fsp3) is 0.733. The average molecular weight is 277 g/mol. The molecule has 0 aromatic carbocycles. The second-order valence-electron chi connectivity index (χ2n) is 5.94. The molecule has 5 heteroatoms. The van der Waals surface area contributed by atoms with E-state index in [1.165, 1.54) is 0 Å². The van der Waals surface area contributed by atoms with Gasteiger partial charge in [0, 0.05) is 44.1 Å². The molecule has 5 nitrogen and oxygen atoms in total. The molecule has 2 aliphatic heterocycles. The Morgan fingerprint density at radius 1 is 1.35 bits per heavy atom. The molecule has 0 saturated carbocycles. The van der Waals surface area contributed by atoms with Crippen LogP contribution in [0.25, 0.3) is 0 Å². The maximum absolute atomic E-state index is 5.97. The molecule has 2 fully saturated rings. The van der Waals surface area contributed by atoms with Crippen LogP contribution in [0.4, 0.5) is 0 Å². The van der Waals surface area contributed by atoms with Gasteiger partial charge in [-0.15, -0.1) is 0 Å². The molecule has 110 valence electrons. The number of nitrogens with zero attached hydrogens (tertiary/aromatic N) is 2. The predicted octanol–water partition coefficient (Wildman–Crippen LogP) is 1.77. The Hall–Kier alpha value is -1.04. The second-order valence-corrected chi connectivity index (χ2v) is 5.94. The molecule has 1 spiro atoms. The summed E-state index contributed by atoms with van der Waals surface area (Å²) in [6, 6.07) is 0.674. The number of nitrogens with one attached hydrogen (secondary N) is 1. The Morgan fingerprint density at radius 3 is 2.95 bits per heavy atom. The second kappa shape index (κ2) is 5.76. The molecule has 0 amide bonds. The number of hydrogen-bond donors (Lipinski definition) is 1. The zero-order valence-corrected chi connectivity index (χ0v) is 12.3. The molecule has 3 heterocycles. The minimum absolute atomic E-state index is 0.0486. The standard InChI is InChI=1S/C15H23N3O2/c1-11-14(17-6-5-16-11)12(2)18-13-3-7-20-15(9-13)4-8-19-10-15/h5-6,12-13,18H,3-4,7-10H2,1-2H3/t12-,13-,15-/m0/s1. The van der Waals surface area contributed by atoms with Gasteiger partial charge in [-0.05, 0) is 26.7 Å². The van der Waals surface area contributed by atoms with Crippen molar-refractivity contribution in [3.05, 3.63) is 23.8 Å². The molecular weight excluding hydrogens is 254 g/mol. The van der Waals surface area contributed by atoms with Crippen LogP contribution < -0.4 is 5.32 Å². The summed E-state index contributed by atoms with van der Waals surface area (Å²) in [7, 11) is 0. The van der Waals surface area contributed by atoms with Crippen molar-refractivity contribution in [3.63, 3.8) is 0 Å². The highest BCUT2D eigenvalue weighted by Crippen LogP contribution is 2.33. The summed E-state index contributed by atoms with van der Waals surface area (Å²) in [4.78, 5) is 8.77. The molecule has 0 unspecified atom stereocenters. The zero-order valence-electron chi connectivity index (χ0n) is 12.3. The maximum Gasteiger partial charge on any atom is 0.0951 e. The molecule has 1 N–H and O–H groups in total. The molecule has 2 saturated heterocycles. The molecule has 0 aliphatic carbocycles. The highest BCUT2D eigenvalue weighted by molar-refractivity contribution is 5.13. The summed E-state index contributed by atoms with van der Waals surface area (Å²) in [6.07, 6.45) is 6.59. The number of aromatic nitrogens is 2. The van der Waals surface area contributed by atoms with E-state index in [4.69, 9.17) is 9.47 Å². The molecule has 0 bridgehead atoms. The molecule has 2 aliphatic rings. The van der Waals surface area contributed by atoms with E-state index in [1.54, 1.807) is 12.4 Å². The van der Waals surface area contributed by atoms with Crippen LogP contribution >= 0.6 is 0 Å². The largest absolute Gasteiger partial charge is 0.378 e. The third-order valence-electron chi connectivity index (χ3n) is 4.38. The first-order chi connectivity index (χ1) is 9.69. The van der Waals surface area contributed by atoms with Gasteiger partial charge in [0.25, 0.3) is 0 Å². The van der Waals surface area contributed by atoms with E-state index < -0.39 is 0 Å². The third-order valence-corrected chi connectivity index (χ3v) is 4.38. The van der Waals surface area contributed by atoms with Crippen LogP contribution in [0.5, 0.6) is 0 Å². The number of rotatable bonds is 3. The van der Waals surface area contributed by atoms with Crippen molar-refractivity contribution in [2.24, 2.45) is 0 Å². The maximum atomic E-state index is 5.97. The molecule has 3 rings (SSSR count). The Balaban J connectivity index is 1.64. The lowest BCUT2D eigenvalue weighted by molar-refractivity contribution is -0.0902. The van der Waals surface area contributed by atoms with Crippen molar-refractivity contribution in [2.45, 2.75) is 50.8 Å². The molecule has 1 aromatic rings. The van der Waals surface area contributed by atoms with Gasteiger partial charge in [0.05, 0.1) is 23.6 Å². The number of aryl methyl sites for hydroxylation is 1. The van der Waals surface area contributed by atoms with E-state index in [-0.39, 0.29) is 11.6 Å². The van der Waals surface area contributed by atoms with Gasteiger partial charge < -0.3 is 14.8 Å². The van der Waals surface area contributed by atoms with Crippen molar-refractivity contribution >= 4 is 0 Å². The van der Waals surface area contributed by atoms with E-state index in [2.05, 4.69) is 22.2 Å². The minimum Gasteiger partial charge on any atom is -0.378 e. The van der Waals surface area contributed by atoms with E-state index in [9.17, 15) is 0 Å². The van der Waals surface area contributed by atoms with E-state index in [1.807, 2.05) is 6.92 Å². The van der Waals surface area contributed by atoms with Gasteiger partial charge in [-0.25, -0.2) is 0 Å². The lowest BCUT2D eigenvalue weighted by Gasteiger charge is -2.38. The van der Waals surface area contributed by atoms with Gasteiger partial charge in [0.2, 0.25) is 0 Å². The monoisotopic (exact) mass is 277 g/mol. The highest BCUT2D eigenvalue weighted by atomic mass is 16.6. The fourth-order valence-corrected chi connectivity index (χ4v) is 3.31. The van der Waals surface area contributed by atoms with Crippen LogP contribution in [0.2, 0.25) is 0 Å². The van der Waals surface area contributed by atoms with Crippen LogP contribution in [-0.4, -0.2) is 41.4 Å². The Morgan fingerprint density at radius 2 is 2.20 bits per heavy atom. The van der Waals surface area contributed by atoms with Gasteiger partial charge in [0.15, 0.2) is 0 Å². The SMILES string of the molecule is Cc1nccnc1[C@H](C)N[C@H]1CCO[C@@]2(CCOC2)C1. The van der Waals surface area contributed by atoms with Gasteiger partial charge >= 0.3 is 0 Å². The Kier molecular flexibility index (Phi) is 4.01. The summed E-state index contributed by atoms with van der Waals surface area (Å²) in [5.41, 5.74) is 1.99. The average Bonchev–Trinajstić information content (AvgIpc) is 2.87. The summed E-state index contributed by atoms with van der Waals surface area (Å²) in [5.74, 6) is 0. The summed E-state index contributed by atoms with van der Waals surface area (Å²) >= 11 is 0. The summed E-state index contributed by atoms with van der Waals surface area (Å²) in [6.45, 7) is 6.55. The highest BCUT2D eigenvalue weighted by Gasteiger charge is 2.41. The van der Waals surface area contributed by atoms with E-state index in [0.29, 0.717) is 6.04 Å². The van der Waals surface area contributed by atoms with Crippen molar-refractivity contribution in [1.29, 1.82) is 0 Å². The molecule has 20 heavy (non-hydrogen) atoms. The van der Waals surface area contributed by atoms with Crippen LogP contribution in [-0.2, 0) is 9.47 Å². The van der Waals surface area contributed by atoms with Crippen molar-refractivity contribution in [1.82, 2.24) is 15.3 Å². The van der Waals surface area contributed by atoms with Gasteiger partial charge in [-0.3, -0.25) is 9.97 Å². The van der Waals surface area contributed by atoms with Crippen molar-refractivity contribution in [2.75, 3.05) is 19.8 Å². The smallest absolute Gasteiger partial charge is 0.0951 e. The summed E-state index contributed by atoms with van der Waals surface area (Å²) in [5, 5.41) is 3.69. The van der Waals surface area contributed by atoms with Crippen LogP contribution in [0.3, 0.4) is 0 Å². The van der Waals surface area contributed by atoms with Crippen LogP contribution in [0, 0.1) is 6.92 Å². The summed E-state index contributed by atoms with van der Waals surface area (Å²) < 4.78 is 11.5. The first kappa shape index (κ1) is 13.9. The predicted molar refractivity (Wildman–Crippen MR) is 75.5 cm³/mol. The minimum atomic E-state index is -0.0486. The quantitative estimate of drug-likeness (QED) is 0.912. The number of ether oxygens (including phenoxy) is 2. The lowest BCUT2D eigenvalue weighted by Crippen LogP contribution is -2.48. The molecular formula is C15H23N3O2. The molecule has 3 atom stereocenters. The zero-order chi connectivity index (χ0) is 14.0. The normalized spacial score (nSPS) is 31.6. The van der Waals surface area contributed by atoms with Crippen molar-refractivity contribution in [3.8, 4) is 0 Å². The third kappa shape index (κ3) is 2.85. The Bertz CT molecular complexity index is 460. The lowest BCUT2D eigenvalue weighted by atomic mass is 9.89. The van der Waals surface area contributed by atoms with E-state index in [0.717, 1.165) is 50.5 Å². The Labute approximate surface area is 120 Å². The van der Waals surface area contributed by atoms with Gasteiger partial charge in [-0.2, -0.15) is 0 Å². The van der Waals surface area contributed by atoms with Crippen molar-refractivity contribution < 1.29 is 9.47 Å². The number of hydrogen-bond acceptors (Lipinski definition) is 5. The molecule has 1 aromatic heterocycles. The van der Waals surface area contributed by atoms with Gasteiger partial charge in [0.1, 0.15) is 0 Å². The van der Waals surface area contributed by atoms with Crippen LogP contribution in [0.1, 0.15) is 43.6 Å². The molecule has 0 radical (unpaired) electrons. The van der Waals surface area contributed by atoms with Crippen LogP contribution in [0.15, 0.2) is 12.4 Å². The topological polar surface area (TPSA) is 56.3 Å². The first-order valence-corrected chi connectivity index (χ1v) is 7.44.